The maximum absolute atomic E-state index is 11.5. The number of halogens is 1. The molecule has 1 unspecified atom stereocenters. The van der Waals surface area contributed by atoms with Gasteiger partial charge in [0.05, 0.1) is 5.88 Å². The first-order chi connectivity index (χ1) is 7.80. The Kier molecular flexibility index (Phi) is 7.19. The molecule has 0 aliphatic rings. The zero-order chi connectivity index (χ0) is 13.5. The fourth-order valence-corrected chi connectivity index (χ4v) is 1.57. The maximum atomic E-state index is 11.5. The monoisotopic (exact) mass is 263 g/mol. The predicted molar refractivity (Wildman–Crippen MR) is 68.4 cm³/mol. The highest BCUT2D eigenvalue weighted by atomic mass is 35.5. The van der Waals surface area contributed by atoms with Gasteiger partial charge in [0.15, 0.2) is 5.78 Å². The molecular weight excluding hydrogens is 242 g/mol. The van der Waals surface area contributed by atoms with Gasteiger partial charge in [0.1, 0.15) is 5.60 Å². The summed E-state index contributed by atoms with van der Waals surface area (Å²) in [6.45, 7) is 7.65. The molecule has 17 heavy (non-hydrogen) atoms. The molecule has 4 nitrogen and oxygen atoms in total. The van der Waals surface area contributed by atoms with E-state index in [9.17, 15) is 9.59 Å². The van der Waals surface area contributed by atoms with E-state index in [1.54, 1.807) is 20.8 Å². The van der Waals surface area contributed by atoms with E-state index < -0.39 is 11.7 Å². The standard InChI is InChI=1S/C12H22ClNO3/c1-5-6-9(10(15)7-13)8-14-11(16)17-12(2,3)4/h9H,5-8H2,1-4H3,(H,14,16). The van der Waals surface area contributed by atoms with Crippen molar-refractivity contribution in [1.82, 2.24) is 5.32 Å². The fraction of sp³-hybridized carbons (Fsp3) is 0.833. The van der Waals surface area contributed by atoms with Crippen LogP contribution in [-0.4, -0.2) is 29.9 Å². The van der Waals surface area contributed by atoms with Crippen LogP contribution in [0.1, 0.15) is 40.5 Å². The third-order valence-corrected chi connectivity index (χ3v) is 2.38. The molecule has 0 saturated heterocycles. The van der Waals surface area contributed by atoms with Gasteiger partial charge in [-0.2, -0.15) is 0 Å². The van der Waals surface area contributed by atoms with E-state index in [1.165, 1.54) is 0 Å². The van der Waals surface area contributed by atoms with Crippen LogP contribution < -0.4 is 5.32 Å². The first-order valence-electron chi connectivity index (χ1n) is 5.85. The highest BCUT2D eigenvalue weighted by Crippen LogP contribution is 2.09. The van der Waals surface area contributed by atoms with Crippen LogP contribution in [0.3, 0.4) is 0 Å². The van der Waals surface area contributed by atoms with Gasteiger partial charge < -0.3 is 10.1 Å². The number of ketones is 1. The molecule has 0 rings (SSSR count). The average molecular weight is 264 g/mol. The normalized spacial score (nSPS) is 13.0. The smallest absolute Gasteiger partial charge is 0.407 e. The average Bonchev–Trinajstić information content (AvgIpc) is 2.20. The summed E-state index contributed by atoms with van der Waals surface area (Å²) in [6.07, 6.45) is 1.10. The Hall–Kier alpha value is -0.770. The zero-order valence-corrected chi connectivity index (χ0v) is 11.8. The molecule has 0 aromatic rings. The lowest BCUT2D eigenvalue weighted by molar-refractivity contribution is -0.120. The summed E-state index contributed by atoms with van der Waals surface area (Å²) in [5.41, 5.74) is -0.527. The van der Waals surface area contributed by atoms with Crippen molar-refractivity contribution in [2.45, 2.75) is 46.1 Å². The van der Waals surface area contributed by atoms with Crippen LogP contribution in [0.25, 0.3) is 0 Å². The molecule has 1 atom stereocenters. The second kappa shape index (κ2) is 7.54. The SMILES string of the molecule is CCCC(CNC(=O)OC(C)(C)C)C(=O)CCl. The quantitative estimate of drug-likeness (QED) is 0.750. The van der Waals surface area contributed by atoms with E-state index in [0.29, 0.717) is 0 Å². The van der Waals surface area contributed by atoms with Crippen molar-refractivity contribution in [3.05, 3.63) is 0 Å². The molecule has 100 valence electrons. The Morgan fingerprint density at radius 3 is 2.35 bits per heavy atom. The van der Waals surface area contributed by atoms with Crippen molar-refractivity contribution < 1.29 is 14.3 Å². The van der Waals surface area contributed by atoms with Gasteiger partial charge in [-0.15, -0.1) is 11.6 Å². The molecule has 1 N–H and O–H groups in total. The van der Waals surface area contributed by atoms with E-state index in [4.69, 9.17) is 16.3 Å². The van der Waals surface area contributed by atoms with E-state index in [-0.39, 0.29) is 24.1 Å². The number of Topliss-reactive ketones (excluding diaryl/α,β-unsaturated/α-hetero) is 1. The first-order valence-corrected chi connectivity index (χ1v) is 6.39. The van der Waals surface area contributed by atoms with Gasteiger partial charge >= 0.3 is 6.09 Å². The van der Waals surface area contributed by atoms with Crippen LogP contribution in [0.2, 0.25) is 0 Å². The fourth-order valence-electron chi connectivity index (χ4n) is 1.36. The summed E-state index contributed by atoms with van der Waals surface area (Å²) in [4.78, 5) is 22.9. The van der Waals surface area contributed by atoms with Crippen LogP contribution in [0.5, 0.6) is 0 Å². The maximum Gasteiger partial charge on any atom is 0.407 e. The molecule has 5 heteroatoms. The van der Waals surface area contributed by atoms with Gasteiger partial charge in [-0.3, -0.25) is 4.79 Å². The number of alkyl carbamates (subject to hydrolysis) is 1. The Morgan fingerprint density at radius 2 is 1.94 bits per heavy atom. The first kappa shape index (κ1) is 16.2. The lowest BCUT2D eigenvalue weighted by Crippen LogP contribution is -2.37. The molecule has 0 fully saturated rings. The Balaban J connectivity index is 4.13. The van der Waals surface area contributed by atoms with E-state index in [1.807, 2.05) is 6.92 Å². The summed E-state index contributed by atoms with van der Waals surface area (Å²) in [5, 5.41) is 2.60. The summed E-state index contributed by atoms with van der Waals surface area (Å²) in [7, 11) is 0. The molecule has 0 spiro atoms. The van der Waals surface area contributed by atoms with Crippen molar-refractivity contribution in [3.8, 4) is 0 Å². The lowest BCUT2D eigenvalue weighted by Gasteiger charge is -2.21. The molecule has 1 amide bonds. The third kappa shape index (κ3) is 8.02. The number of hydrogen-bond acceptors (Lipinski definition) is 3. The summed E-state index contributed by atoms with van der Waals surface area (Å²) >= 11 is 5.51. The lowest BCUT2D eigenvalue weighted by atomic mass is 10.00. The number of alkyl halides is 1. The van der Waals surface area contributed by atoms with Crippen molar-refractivity contribution in [3.63, 3.8) is 0 Å². The summed E-state index contributed by atoms with van der Waals surface area (Å²) in [6, 6.07) is 0. The minimum absolute atomic E-state index is 0.0132. The van der Waals surface area contributed by atoms with Gasteiger partial charge in [0.2, 0.25) is 0 Å². The number of carbonyl (C=O) groups is 2. The largest absolute Gasteiger partial charge is 0.444 e. The number of carbonyl (C=O) groups excluding carboxylic acids is 2. The molecule has 0 aromatic heterocycles. The summed E-state index contributed by atoms with van der Waals surface area (Å²) < 4.78 is 5.09. The number of ether oxygens (including phenoxy) is 1. The van der Waals surface area contributed by atoms with Crippen molar-refractivity contribution in [1.29, 1.82) is 0 Å². The van der Waals surface area contributed by atoms with Crippen LogP contribution in [0.15, 0.2) is 0 Å². The van der Waals surface area contributed by atoms with Crippen LogP contribution in [-0.2, 0) is 9.53 Å². The van der Waals surface area contributed by atoms with Crippen LogP contribution in [0.4, 0.5) is 4.79 Å². The van der Waals surface area contributed by atoms with Gasteiger partial charge in [0.25, 0.3) is 0 Å². The number of amides is 1. The minimum Gasteiger partial charge on any atom is -0.444 e. The zero-order valence-electron chi connectivity index (χ0n) is 11.0. The van der Waals surface area contributed by atoms with Crippen LogP contribution >= 0.6 is 11.6 Å². The highest BCUT2D eigenvalue weighted by molar-refractivity contribution is 6.27. The number of nitrogens with one attached hydrogen (secondary N) is 1. The predicted octanol–water partition coefficient (Wildman–Crippen LogP) is 2.74. The van der Waals surface area contributed by atoms with Gasteiger partial charge in [-0.1, -0.05) is 13.3 Å². The Bertz CT molecular complexity index is 261. The minimum atomic E-state index is -0.527. The third-order valence-electron chi connectivity index (χ3n) is 2.12. The van der Waals surface area contributed by atoms with Gasteiger partial charge in [-0.25, -0.2) is 4.79 Å². The molecule has 0 heterocycles. The Labute approximate surface area is 108 Å². The van der Waals surface area contributed by atoms with E-state index in [2.05, 4.69) is 5.32 Å². The van der Waals surface area contributed by atoms with Crippen molar-refractivity contribution >= 4 is 23.5 Å². The van der Waals surface area contributed by atoms with Gasteiger partial charge in [-0.05, 0) is 27.2 Å². The van der Waals surface area contributed by atoms with Gasteiger partial charge in [0, 0.05) is 12.5 Å². The van der Waals surface area contributed by atoms with Crippen molar-refractivity contribution in [2.24, 2.45) is 5.92 Å². The molecule has 0 bridgehead atoms. The highest BCUT2D eigenvalue weighted by Gasteiger charge is 2.20. The number of hydrogen-bond donors (Lipinski definition) is 1. The molecule has 0 aliphatic carbocycles. The van der Waals surface area contributed by atoms with E-state index >= 15 is 0 Å². The second-order valence-electron chi connectivity index (χ2n) is 4.97. The van der Waals surface area contributed by atoms with Crippen LogP contribution in [0, 0.1) is 5.92 Å². The van der Waals surface area contributed by atoms with E-state index in [0.717, 1.165) is 12.8 Å². The topological polar surface area (TPSA) is 55.4 Å². The van der Waals surface area contributed by atoms with Crippen molar-refractivity contribution in [2.75, 3.05) is 12.4 Å². The summed E-state index contributed by atoms with van der Waals surface area (Å²) in [5.74, 6) is -0.268. The molecule has 0 aliphatic heterocycles. The molecule has 0 radical (unpaired) electrons. The second-order valence-corrected chi connectivity index (χ2v) is 5.24. The molecule has 0 saturated carbocycles. The molecular formula is C12H22ClNO3. The Morgan fingerprint density at radius 1 is 1.35 bits per heavy atom. The number of rotatable bonds is 6. The molecule has 0 aromatic carbocycles.